The Hall–Kier alpha value is -4.08. The fraction of sp³-hybridized carbons (Fsp3) is 0.250. The number of nitrogens with one attached hydrogen (secondary N) is 1. The molecular weight excluding hydrogens is 604 g/mol. The van der Waals surface area contributed by atoms with Crippen LogP contribution in [0.4, 0.5) is 23.2 Å². The molecule has 0 spiro atoms. The maximum absolute atomic E-state index is 15.8. The zero-order valence-corrected chi connectivity index (χ0v) is 25.5. The van der Waals surface area contributed by atoms with Crippen LogP contribution in [0.2, 0.25) is 25.7 Å². The van der Waals surface area contributed by atoms with Crippen LogP contribution < -0.4 is 4.72 Å². The first kappa shape index (κ1) is 30.4. The monoisotopic (exact) mass is 632 g/mol. The molecule has 0 atom stereocenters. The zero-order chi connectivity index (χ0) is 31.1. The predicted octanol–water partition coefficient (Wildman–Crippen LogP) is 6.24. The van der Waals surface area contributed by atoms with Gasteiger partial charge in [0, 0.05) is 32.6 Å². The minimum absolute atomic E-state index is 0.0391. The van der Waals surface area contributed by atoms with Gasteiger partial charge >= 0.3 is 0 Å². The minimum atomic E-state index is -4.53. The third-order valence-electron chi connectivity index (χ3n) is 6.70. The van der Waals surface area contributed by atoms with Gasteiger partial charge in [0.25, 0.3) is 10.0 Å². The van der Waals surface area contributed by atoms with Crippen LogP contribution in [0.15, 0.2) is 60.1 Å². The third kappa shape index (κ3) is 6.19. The molecule has 0 aliphatic rings. The molecule has 4 aromatic heterocycles. The van der Waals surface area contributed by atoms with Gasteiger partial charge in [-0.25, -0.2) is 31.6 Å². The van der Waals surface area contributed by atoms with E-state index in [0.29, 0.717) is 18.1 Å². The van der Waals surface area contributed by atoms with E-state index in [1.165, 1.54) is 19.1 Å². The number of imidazole rings is 2. The molecule has 0 aliphatic carbocycles. The Kier molecular flexibility index (Phi) is 8.15. The highest BCUT2D eigenvalue weighted by Crippen LogP contribution is 2.35. The highest BCUT2D eigenvalue weighted by atomic mass is 32.2. The number of aromatic nitrogens is 5. The Morgan fingerprint density at radius 3 is 2.53 bits per heavy atom. The van der Waals surface area contributed by atoms with Crippen LogP contribution in [0.5, 0.6) is 0 Å². The second kappa shape index (κ2) is 11.5. The largest absolute Gasteiger partial charge is 0.361 e. The number of nitrogens with zero attached hydrogens (tertiary/aromatic N) is 5. The third-order valence-corrected chi connectivity index (χ3v) is 9.89. The van der Waals surface area contributed by atoms with Crippen molar-refractivity contribution in [1.82, 2.24) is 23.9 Å². The van der Waals surface area contributed by atoms with Crippen molar-refractivity contribution in [2.45, 2.75) is 44.2 Å². The van der Waals surface area contributed by atoms with Crippen molar-refractivity contribution in [3.8, 4) is 22.6 Å². The summed E-state index contributed by atoms with van der Waals surface area (Å²) in [7, 11) is -5.81. The summed E-state index contributed by atoms with van der Waals surface area (Å²) in [4.78, 5) is 11.8. The number of hydrogen-bond donors (Lipinski definition) is 1. The molecule has 15 heteroatoms. The van der Waals surface area contributed by atoms with Gasteiger partial charge in [-0.3, -0.25) is 14.1 Å². The molecule has 0 aliphatic heterocycles. The predicted molar refractivity (Wildman–Crippen MR) is 156 cm³/mol. The zero-order valence-electron chi connectivity index (χ0n) is 23.7. The van der Waals surface area contributed by atoms with Crippen LogP contribution in [-0.2, 0) is 21.5 Å². The normalized spacial score (nSPS) is 12.3. The van der Waals surface area contributed by atoms with Gasteiger partial charge in [0.05, 0.1) is 28.7 Å². The van der Waals surface area contributed by atoms with E-state index in [9.17, 15) is 17.2 Å². The van der Waals surface area contributed by atoms with E-state index in [2.05, 4.69) is 34.6 Å². The number of ether oxygens (including phenoxy) is 1. The summed E-state index contributed by atoms with van der Waals surface area (Å²) in [5, 5.41) is 0. The molecular formula is C28H28F4N6O3SSi. The quantitative estimate of drug-likeness (QED) is 0.0847. The maximum Gasteiger partial charge on any atom is 0.263 e. The van der Waals surface area contributed by atoms with Crippen molar-refractivity contribution in [1.29, 1.82) is 0 Å². The summed E-state index contributed by atoms with van der Waals surface area (Å²) in [5.41, 5.74) is -1.38. The molecule has 0 unspecified atom stereocenters. The van der Waals surface area contributed by atoms with Crippen molar-refractivity contribution in [2.24, 2.45) is 0 Å². The molecule has 1 N–H and O–H groups in total. The van der Waals surface area contributed by atoms with E-state index in [0.717, 1.165) is 41.2 Å². The summed E-state index contributed by atoms with van der Waals surface area (Å²) < 4.78 is 96.5. The number of sulfonamides is 1. The van der Waals surface area contributed by atoms with E-state index in [1.54, 1.807) is 17.0 Å². The minimum Gasteiger partial charge on any atom is -0.361 e. The Bertz CT molecular complexity index is 1940. The fourth-order valence-electron chi connectivity index (χ4n) is 4.40. The number of anilines is 1. The second-order valence-electron chi connectivity index (χ2n) is 11.1. The molecule has 5 aromatic rings. The smallest absolute Gasteiger partial charge is 0.263 e. The summed E-state index contributed by atoms with van der Waals surface area (Å²) in [6.07, 6.45) is 5.27. The SMILES string of the molecule is Cc1ncc(F)cc1S(=O)(=O)Nc1ccc(F)c(-c2ccc3c(-c4nccn4COCC[Si](C)(C)C)ncn3c2F)c1F. The Morgan fingerprint density at radius 2 is 1.79 bits per heavy atom. The standard InChI is InChI=1S/C28H28F4N6O3SSi/c1-17-23(13-18(29)14-34-17)42(39,40)36-21-7-6-20(30)24(25(21)31)19-5-8-22-26(35-15-38(22)27(19)32)28-33-9-10-37(28)16-41-11-12-43(2,3)4/h5-10,13-15,36H,11-12,16H2,1-4H3. The maximum atomic E-state index is 15.8. The number of rotatable bonds is 10. The summed E-state index contributed by atoms with van der Waals surface area (Å²) in [5.74, 6) is -4.04. The van der Waals surface area contributed by atoms with Crippen LogP contribution in [0, 0.1) is 30.3 Å². The molecule has 226 valence electrons. The Balaban J connectivity index is 1.48. The van der Waals surface area contributed by atoms with E-state index < -0.39 is 63.2 Å². The van der Waals surface area contributed by atoms with Gasteiger partial charge in [0.15, 0.2) is 11.6 Å². The average Bonchev–Trinajstić information content (AvgIpc) is 3.57. The molecule has 0 saturated carbocycles. The summed E-state index contributed by atoms with van der Waals surface area (Å²) >= 11 is 0. The van der Waals surface area contributed by atoms with Gasteiger partial charge in [-0.2, -0.15) is 4.39 Å². The molecule has 1 aromatic carbocycles. The number of benzene rings is 1. The molecule has 43 heavy (non-hydrogen) atoms. The van der Waals surface area contributed by atoms with Crippen molar-refractivity contribution < 1.29 is 30.7 Å². The van der Waals surface area contributed by atoms with Crippen molar-refractivity contribution in [2.75, 3.05) is 11.3 Å². The second-order valence-corrected chi connectivity index (χ2v) is 18.4. The average molecular weight is 633 g/mol. The number of fused-ring (bicyclic) bond motifs is 1. The van der Waals surface area contributed by atoms with Gasteiger partial charge < -0.3 is 9.30 Å². The number of halogens is 4. The van der Waals surface area contributed by atoms with E-state index in [-0.39, 0.29) is 17.9 Å². The summed E-state index contributed by atoms with van der Waals surface area (Å²) in [6, 6.07) is 5.97. The molecule has 4 heterocycles. The first-order valence-electron chi connectivity index (χ1n) is 13.1. The van der Waals surface area contributed by atoms with Gasteiger partial charge in [-0.15, -0.1) is 0 Å². The van der Waals surface area contributed by atoms with Gasteiger partial charge in [0.1, 0.15) is 35.3 Å². The van der Waals surface area contributed by atoms with Gasteiger partial charge in [-0.05, 0) is 43.3 Å². The highest BCUT2D eigenvalue weighted by Gasteiger charge is 2.26. The topological polar surface area (TPSA) is 103 Å². The summed E-state index contributed by atoms with van der Waals surface area (Å²) in [6.45, 7) is 8.87. The molecule has 0 amide bonds. The number of aryl methyl sites for hydroxylation is 1. The molecule has 0 radical (unpaired) electrons. The van der Waals surface area contributed by atoms with Crippen molar-refractivity contribution in [3.05, 3.63) is 84.3 Å². The number of pyridine rings is 2. The first-order chi connectivity index (χ1) is 20.3. The lowest BCUT2D eigenvalue weighted by atomic mass is 10.0. The van der Waals surface area contributed by atoms with Crippen LogP contribution in [-0.4, -0.2) is 47.0 Å². The first-order valence-corrected chi connectivity index (χ1v) is 18.3. The van der Waals surface area contributed by atoms with Gasteiger partial charge in [-0.1, -0.05) is 19.6 Å². The van der Waals surface area contributed by atoms with E-state index in [4.69, 9.17) is 4.74 Å². The lowest BCUT2D eigenvalue weighted by Crippen LogP contribution is -2.22. The molecule has 0 bridgehead atoms. The van der Waals surface area contributed by atoms with E-state index >= 15 is 8.78 Å². The lowest BCUT2D eigenvalue weighted by molar-refractivity contribution is 0.0882. The molecule has 0 fully saturated rings. The lowest BCUT2D eigenvalue weighted by Gasteiger charge is -2.16. The molecule has 9 nitrogen and oxygen atoms in total. The van der Waals surface area contributed by atoms with Crippen LogP contribution in [0.1, 0.15) is 5.69 Å². The van der Waals surface area contributed by atoms with Crippen LogP contribution in [0.3, 0.4) is 0 Å². The van der Waals surface area contributed by atoms with Crippen molar-refractivity contribution in [3.63, 3.8) is 0 Å². The van der Waals surface area contributed by atoms with Crippen LogP contribution >= 0.6 is 0 Å². The number of hydrogen-bond acceptors (Lipinski definition) is 6. The molecule has 0 saturated heterocycles. The molecule has 5 rings (SSSR count). The Labute approximate surface area is 246 Å². The van der Waals surface area contributed by atoms with Crippen molar-refractivity contribution >= 4 is 29.3 Å². The van der Waals surface area contributed by atoms with Crippen LogP contribution in [0.25, 0.3) is 28.2 Å². The van der Waals surface area contributed by atoms with Gasteiger partial charge in [0.2, 0.25) is 5.95 Å². The van der Waals surface area contributed by atoms with E-state index in [1.807, 2.05) is 4.72 Å². The Morgan fingerprint density at radius 1 is 1.02 bits per heavy atom. The highest BCUT2D eigenvalue weighted by molar-refractivity contribution is 7.92. The fourth-order valence-corrected chi connectivity index (χ4v) is 6.43.